The quantitative estimate of drug-likeness (QED) is 0.579. The molecule has 0 saturated heterocycles. The molecule has 9 nitrogen and oxygen atoms in total. The molecule has 154 valence electrons. The van der Waals surface area contributed by atoms with Gasteiger partial charge in [0.1, 0.15) is 12.4 Å². The zero-order chi connectivity index (χ0) is 20.8. The summed E-state index contributed by atoms with van der Waals surface area (Å²) in [5.41, 5.74) is 1.39. The Hall–Kier alpha value is -3.88. The number of H-pyrrole nitrogens is 1. The second-order valence-electron chi connectivity index (χ2n) is 6.56. The molecule has 1 unspecified atom stereocenters. The molecular weight excluding hydrogens is 386 g/mol. The van der Waals surface area contributed by atoms with Crippen LogP contribution in [0.25, 0.3) is 6.08 Å². The van der Waals surface area contributed by atoms with E-state index in [9.17, 15) is 4.79 Å². The molecule has 2 N–H and O–H groups in total. The summed E-state index contributed by atoms with van der Waals surface area (Å²) in [5, 5.41) is 16.6. The van der Waals surface area contributed by atoms with E-state index in [1.54, 1.807) is 24.3 Å². The summed E-state index contributed by atoms with van der Waals surface area (Å²) in [5.74, 6) is 1.87. The van der Waals surface area contributed by atoms with Crippen molar-refractivity contribution in [1.29, 1.82) is 0 Å². The summed E-state index contributed by atoms with van der Waals surface area (Å²) < 4.78 is 17.2. The van der Waals surface area contributed by atoms with Gasteiger partial charge in [0, 0.05) is 6.08 Å². The Bertz CT molecular complexity index is 1020. The number of hydrogen-bond donors (Lipinski definition) is 2. The minimum atomic E-state index is -0.515. The summed E-state index contributed by atoms with van der Waals surface area (Å²) in [7, 11) is 0. The Balaban J connectivity index is 1.42. The summed E-state index contributed by atoms with van der Waals surface area (Å²) in [6.07, 6.45) is 3.63. The first kappa shape index (κ1) is 19.4. The van der Waals surface area contributed by atoms with E-state index in [0.717, 1.165) is 17.7 Å². The fourth-order valence-corrected chi connectivity index (χ4v) is 2.87. The molecule has 0 fully saturated rings. The van der Waals surface area contributed by atoms with Crippen LogP contribution in [-0.4, -0.2) is 39.7 Å². The highest BCUT2D eigenvalue weighted by Gasteiger charge is 2.28. The van der Waals surface area contributed by atoms with Gasteiger partial charge < -0.3 is 19.5 Å². The average Bonchev–Trinajstić information content (AvgIpc) is 3.32. The van der Waals surface area contributed by atoms with Crippen LogP contribution in [0.15, 0.2) is 48.5 Å². The predicted molar refractivity (Wildman–Crippen MR) is 109 cm³/mol. The molecule has 3 aromatic rings. The number of aromatic amines is 1. The lowest BCUT2D eigenvalue weighted by atomic mass is 10.2. The third kappa shape index (κ3) is 4.57. The van der Waals surface area contributed by atoms with E-state index < -0.39 is 6.10 Å². The van der Waals surface area contributed by atoms with Crippen molar-refractivity contribution in [2.45, 2.75) is 19.4 Å². The van der Waals surface area contributed by atoms with Gasteiger partial charge in [-0.3, -0.25) is 4.79 Å². The van der Waals surface area contributed by atoms with Crippen molar-refractivity contribution in [1.82, 2.24) is 20.6 Å². The fourth-order valence-electron chi connectivity index (χ4n) is 2.87. The standard InChI is InChI=1S/C21H21N5O4/c1-2-12-28-15-9-6-14(7-10-15)8-11-19(27)22-16-4-3-5-17-20(16)30-18(13-29-17)21-23-25-26-24-21/h3-11,18H,2,12-13H2,1H3,(H,22,27)(H,23,24,25,26). The number of rotatable bonds is 7. The van der Waals surface area contributed by atoms with Crippen molar-refractivity contribution < 1.29 is 19.0 Å². The van der Waals surface area contributed by atoms with E-state index in [-0.39, 0.29) is 12.5 Å². The maximum atomic E-state index is 12.4. The van der Waals surface area contributed by atoms with Gasteiger partial charge in [-0.1, -0.05) is 30.3 Å². The van der Waals surface area contributed by atoms with Gasteiger partial charge in [0.15, 0.2) is 17.6 Å². The number of carbonyl (C=O) groups excluding carboxylic acids is 1. The average molecular weight is 407 g/mol. The van der Waals surface area contributed by atoms with E-state index in [4.69, 9.17) is 14.2 Å². The highest BCUT2D eigenvalue weighted by atomic mass is 16.6. The highest BCUT2D eigenvalue weighted by molar-refractivity contribution is 6.03. The molecule has 30 heavy (non-hydrogen) atoms. The van der Waals surface area contributed by atoms with Crippen LogP contribution in [0.3, 0.4) is 0 Å². The van der Waals surface area contributed by atoms with E-state index >= 15 is 0 Å². The molecule has 0 spiro atoms. The highest BCUT2D eigenvalue weighted by Crippen LogP contribution is 2.41. The first-order chi connectivity index (χ1) is 14.7. The van der Waals surface area contributed by atoms with Crippen molar-refractivity contribution in [2.75, 3.05) is 18.5 Å². The molecule has 1 aliphatic heterocycles. The summed E-state index contributed by atoms with van der Waals surface area (Å²) in [6.45, 7) is 2.99. The van der Waals surface area contributed by atoms with Gasteiger partial charge in [-0.2, -0.15) is 5.21 Å². The molecule has 1 amide bonds. The van der Waals surface area contributed by atoms with E-state index in [1.165, 1.54) is 6.08 Å². The number of anilines is 1. The zero-order valence-corrected chi connectivity index (χ0v) is 16.4. The van der Waals surface area contributed by atoms with Crippen molar-refractivity contribution in [3.05, 3.63) is 59.9 Å². The summed E-state index contributed by atoms with van der Waals surface area (Å²) in [6, 6.07) is 12.8. The van der Waals surface area contributed by atoms with Gasteiger partial charge in [-0.05, 0) is 42.3 Å². The van der Waals surface area contributed by atoms with Crippen molar-refractivity contribution >= 4 is 17.7 Å². The Kier molecular flexibility index (Phi) is 5.88. The zero-order valence-electron chi connectivity index (χ0n) is 16.4. The molecule has 4 rings (SSSR count). The van der Waals surface area contributed by atoms with Crippen LogP contribution in [0.5, 0.6) is 17.2 Å². The first-order valence-corrected chi connectivity index (χ1v) is 9.60. The number of nitrogens with one attached hydrogen (secondary N) is 2. The second-order valence-corrected chi connectivity index (χ2v) is 6.56. The predicted octanol–water partition coefficient (Wildman–Crippen LogP) is 3.15. The minimum Gasteiger partial charge on any atom is -0.494 e. The number of tetrazole rings is 1. The van der Waals surface area contributed by atoms with Crippen molar-refractivity contribution in [3.63, 3.8) is 0 Å². The molecule has 0 aliphatic carbocycles. The van der Waals surface area contributed by atoms with Crippen LogP contribution in [0.2, 0.25) is 0 Å². The Morgan fingerprint density at radius 3 is 2.93 bits per heavy atom. The van der Waals surface area contributed by atoms with Crippen LogP contribution in [0, 0.1) is 0 Å². The largest absolute Gasteiger partial charge is 0.494 e. The molecule has 1 aliphatic rings. The summed E-state index contributed by atoms with van der Waals surface area (Å²) >= 11 is 0. The number of fused-ring (bicyclic) bond motifs is 1. The smallest absolute Gasteiger partial charge is 0.248 e. The number of para-hydroxylation sites is 1. The number of carbonyl (C=O) groups is 1. The third-order valence-corrected chi connectivity index (χ3v) is 4.32. The van der Waals surface area contributed by atoms with Crippen LogP contribution in [0.1, 0.15) is 30.8 Å². The van der Waals surface area contributed by atoms with Crippen molar-refractivity contribution in [2.24, 2.45) is 0 Å². The Morgan fingerprint density at radius 2 is 2.17 bits per heavy atom. The lowest BCUT2D eigenvalue weighted by molar-refractivity contribution is -0.111. The van der Waals surface area contributed by atoms with Gasteiger partial charge in [-0.15, -0.1) is 10.2 Å². The van der Waals surface area contributed by atoms with E-state index in [2.05, 4.69) is 32.9 Å². The first-order valence-electron chi connectivity index (χ1n) is 9.60. The van der Waals surface area contributed by atoms with E-state index in [0.29, 0.717) is 29.6 Å². The molecule has 0 bridgehead atoms. The molecule has 1 atom stereocenters. The number of aromatic nitrogens is 4. The number of ether oxygens (including phenoxy) is 3. The monoisotopic (exact) mass is 407 g/mol. The molecular formula is C21H21N5O4. The number of benzene rings is 2. The molecule has 0 radical (unpaired) electrons. The number of amides is 1. The maximum Gasteiger partial charge on any atom is 0.248 e. The van der Waals surface area contributed by atoms with Crippen molar-refractivity contribution in [3.8, 4) is 17.2 Å². The van der Waals surface area contributed by atoms with Crippen LogP contribution < -0.4 is 19.5 Å². The lowest BCUT2D eigenvalue weighted by Crippen LogP contribution is -2.24. The number of nitrogens with zero attached hydrogens (tertiary/aromatic N) is 3. The van der Waals surface area contributed by atoms with Crippen LogP contribution in [-0.2, 0) is 4.79 Å². The molecule has 2 heterocycles. The Morgan fingerprint density at radius 1 is 1.30 bits per heavy atom. The minimum absolute atomic E-state index is 0.252. The molecule has 2 aromatic carbocycles. The Labute approximate surface area is 173 Å². The topological polar surface area (TPSA) is 111 Å². The van der Waals surface area contributed by atoms with Gasteiger partial charge in [-0.25, -0.2) is 0 Å². The van der Waals surface area contributed by atoms with Crippen LogP contribution >= 0.6 is 0 Å². The number of hydrogen-bond acceptors (Lipinski definition) is 7. The molecule has 9 heteroatoms. The maximum absolute atomic E-state index is 12.4. The van der Waals surface area contributed by atoms with Gasteiger partial charge in [0.05, 0.1) is 12.3 Å². The van der Waals surface area contributed by atoms with Gasteiger partial charge in [0.2, 0.25) is 11.7 Å². The van der Waals surface area contributed by atoms with Gasteiger partial charge >= 0.3 is 0 Å². The summed E-state index contributed by atoms with van der Waals surface area (Å²) in [4.78, 5) is 12.4. The van der Waals surface area contributed by atoms with Crippen LogP contribution in [0.4, 0.5) is 5.69 Å². The third-order valence-electron chi connectivity index (χ3n) is 4.32. The fraction of sp³-hybridized carbons (Fsp3) is 0.238. The SMILES string of the molecule is CCCOc1ccc(C=CC(=O)Nc2cccc3c2OC(c2nn[nH]n2)CO3)cc1. The molecule has 1 aromatic heterocycles. The normalized spacial score (nSPS) is 15.2. The second kappa shape index (κ2) is 9.08. The van der Waals surface area contributed by atoms with Gasteiger partial charge in [0.25, 0.3) is 0 Å². The molecule has 0 saturated carbocycles. The lowest BCUT2D eigenvalue weighted by Gasteiger charge is -2.26. The van der Waals surface area contributed by atoms with E-state index in [1.807, 2.05) is 24.3 Å².